The van der Waals surface area contributed by atoms with Crippen molar-refractivity contribution in [2.75, 3.05) is 0 Å². The molecule has 4 atom stereocenters. The summed E-state index contributed by atoms with van der Waals surface area (Å²) in [4.78, 5) is 15.7. The lowest BCUT2D eigenvalue weighted by atomic mass is 9.82. The van der Waals surface area contributed by atoms with E-state index in [1.165, 1.54) is 0 Å². The number of benzene rings is 3. The summed E-state index contributed by atoms with van der Waals surface area (Å²) in [6, 6.07) is 30.9. The van der Waals surface area contributed by atoms with Gasteiger partial charge in [-0.1, -0.05) is 91.0 Å². The van der Waals surface area contributed by atoms with Crippen LogP contribution < -0.4 is 11.1 Å². The van der Waals surface area contributed by atoms with Crippen LogP contribution >= 0.6 is 0 Å². The van der Waals surface area contributed by atoms with Crippen molar-refractivity contribution < 1.29 is 15.0 Å². The summed E-state index contributed by atoms with van der Waals surface area (Å²) in [7, 11) is 0. The zero-order valence-electron chi connectivity index (χ0n) is 20.7. The Morgan fingerprint density at radius 3 is 2.08 bits per heavy atom. The molecule has 0 aliphatic carbocycles. The molecule has 37 heavy (non-hydrogen) atoms. The Hall–Kier alpha value is -4.00. The van der Waals surface area contributed by atoms with E-state index in [1.54, 1.807) is 12.4 Å². The van der Waals surface area contributed by atoms with Crippen LogP contribution in [-0.2, 0) is 12.8 Å². The average Bonchev–Trinajstić information content (AvgIpc) is 2.93. The molecule has 190 valence electrons. The number of amides is 1. The van der Waals surface area contributed by atoms with Crippen molar-refractivity contribution in [3.05, 3.63) is 126 Å². The second-order valence-electron chi connectivity index (χ2n) is 9.37. The Bertz CT molecular complexity index is 1240. The number of hydrogen-bond donors (Lipinski definition) is 4. The van der Waals surface area contributed by atoms with Gasteiger partial charge in [-0.3, -0.25) is 4.98 Å². The Balaban J connectivity index is 1.48. The van der Waals surface area contributed by atoms with Crippen LogP contribution in [0.1, 0.15) is 29.0 Å². The lowest BCUT2D eigenvalue weighted by Gasteiger charge is -2.30. The Labute approximate surface area is 217 Å². The monoisotopic (exact) mass is 495 g/mol. The van der Waals surface area contributed by atoms with Gasteiger partial charge in [0.05, 0.1) is 12.1 Å². The van der Waals surface area contributed by atoms with E-state index in [1.807, 2.05) is 72.8 Å². The van der Waals surface area contributed by atoms with Crippen LogP contribution in [0.25, 0.3) is 11.1 Å². The zero-order valence-corrected chi connectivity index (χ0v) is 20.7. The molecule has 6 nitrogen and oxygen atoms in total. The van der Waals surface area contributed by atoms with Crippen LogP contribution in [0, 0.1) is 0 Å². The third-order valence-corrected chi connectivity index (χ3v) is 6.73. The number of pyridine rings is 1. The van der Waals surface area contributed by atoms with Crippen molar-refractivity contribution >= 4 is 6.09 Å². The SMILES string of the molecule is N[C@@H](C[C@@H](O)[C@H](Cc1ccc(-c2cccnc2)cc1)NC(=O)O)C(Cc1ccccc1)c1ccccc1. The van der Waals surface area contributed by atoms with Crippen molar-refractivity contribution in [1.29, 1.82) is 0 Å². The van der Waals surface area contributed by atoms with Gasteiger partial charge in [-0.25, -0.2) is 4.79 Å². The van der Waals surface area contributed by atoms with Gasteiger partial charge >= 0.3 is 6.09 Å². The van der Waals surface area contributed by atoms with Crippen LogP contribution in [0.15, 0.2) is 109 Å². The smallest absolute Gasteiger partial charge is 0.404 e. The largest absolute Gasteiger partial charge is 0.465 e. The van der Waals surface area contributed by atoms with E-state index in [0.717, 1.165) is 34.2 Å². The van der Waals surface area contributed by atoms with Crippen molar-refractivity contribution in [2.24, 2.45) is 5.73 Å². The minimum absolute atomic E-state index is 0.0255. The summed E-state index contributed by atoms with van der Waals surface area (Å²) < 4.78 is 0. The van der Waals surface area contributed by atoms with Gasteiger partial charge in [-0.2, -0.15) is 0 Å². The predicted octanol–water partition coefficient (Wildman–Crippen LogP) is 5.03. The van der Waals surface area contributed by atoms with Crippen LogP contribution in [0.3, 0.4) is 0 Å². The van der Waals surface area contributed by atoms with Gasteiger partial charge in [0.1, 0.15) is 0 Å². The maximum Gasteiger partial charge on any atom is 0.404 e. The summed E-state index contributed by atoms with van der Waals surface area (Å²) in [5, 5.41) is 23.1. The molecule has 1 heterocycles. The average molecular weight is 496 g/mol. The predicted molar refractivity (Wildman–Crippen MR) is 146 cm³/mol. The number of rotatable bonds is 11. The van der Waals surface area contributed by atoms with Crippen molar-refractivity contribution in [3.8, 4) is 11.1 Å². The van der Waals surface area contributed by atoms with E-state index >= 15 is 0 Å². The first-order chi connectivity index (χ1) is 18.0. The van der Waals surface area contributed by atoms with Crippen molar-refractivity contribution in [1.82, 2.24) is 10.3 Å². The molecule has 1 unspecified atom stereocenters. The van der Waals surface area contributed by atoms with Gasteiger partial charge in [0, 0.05) is 24.4 Å². The number of nitrogens with zero attached hydrogens (tertiary/aromatic N) is 1. The highest BCUT2D eigenvalue weighted by Gasteiger charge is 2.28. The maximum atomic E-state index is 11.6. The molecule has 6 heteroatoms. The molecule has 4 rings (SSSR count). The fraction of sp³-hybridized carbons (Fsp3) is 0.226. The number of aromatic nitrogens is 1. The molecular formula is C31H33N3O3. The Morgan fingerprint density at radius 1 is 0.811 bits per heavy atom. The summed E-state index contributed by atoms with van der Waals surface area (Å²) in [6.07, 6.45) is 2.74. The second-order valence-corrected chi connectivity index (χ2v) is 9.37. The van der Waals surface area contributed by atoms with E-state index in [0.29, 0.717) is 6.42 Å². The van der Waals surface area contributed by atoms with Gasteiger partial charge in [0.2, 0.25) is 0 Å². The van der Waals surface area contributed by atoms with Gasteiger partial charge in [0.25, 0.3) is 0 Å². The molecule has 0 saturated heterocycles. The molecule has 0 aliphatic heterocycles. The third-order valence-electron chi connectivity index (χ3n) is 6.73. The fourth-order valence-electron chi connectivity index (χ4n) is 4.75. The lowest BCUT2D eigenvalue weighted by Crippen LogP contribution is -2.47. The van der Waals surface area contributed by atoms with Crippen LogP contribution in [-0.4, -0.2) is 39.5 Å². The second kappa shape index (κ2) is 12.8. The van der Waals surface area contributed by atoms with Crippen LogP contribution in [0.4, 0.5) is 4.79 Å². The Kier molecular flexibility index (Phi) is 9.03. The zero-order chi connectivity index (χ0) is 26.0. The van der Waals surface area contributed by atoms with Crippen LogP contribution in [0.5, 0.6) is 0 Å². The standard InChI is InChI=1S/C31H33N3O3/c32-28(27(25-10-5-2-6-11-25)18-22-8-3-1-4-9-22)20-30(35)29(34-31(36)37)19-23-13-15-24(16-14-23)26-12-7-17-33-21-26/h1-17,21,27-30,34-35H,18-20,32H2,(H,36,37)/t27?,28-,29-,30+/m0/s1. The molecule has 0 saturated carbocycles. The highest BCUT2D eigenvalue weighted by atomic mass is 16.4. The number of aliphatic hydroxyl groups is 1. The highest BCUT2D eigenvalue weighted by Crippen LogP contribution is 2.27. The van der Waals surface area contributed by atoms with Gasteiger partial charge < -0.3 is 21.3 Å². The minimum Gasteiger partial charge on any atom is -0.465 e. The van der Waals surface area contributed by atoms with E-state index in [2.05, 4.69) is 34.6 Å². The molecule has 1 aromatic heterocycles. The third kappa shape index (κ3) is 7.49. The fourth-order valence-corrected chi connectivity index (χ4v) is 4.75. The maximum absolute atomic E-state index is 11.6. The number of hydrogen-bond acceptors (Lipinski definition) is 4. The number of carboxylic acid groups (broad SMARTS) is 1. The number of aliphatic hydroxyl groups excluding tert-OH is 1. The van der Waals surface area contributed by atoms with Gasteiger partial charge in [0.15, 0.2) is 0 Å². The summed E-state index contributed by atoms with van der Waals surface area (Å²) in [5.41, 5.74) is 11.9. The molecule has 3 aromatic carbocycles. The van der Waals surface area contributed by atoms with Crippen LogP contribution in [0.2, 0.25) is 0 Å². The van der Waals surface area contributed by atoms with Crippen molar-refractivity contribution in [2.45, 2.75) is 43.4 Å². The molecule has 0 bridgehead atoms. The number of nitrogens with one attached hydrogen (secondary N) is 1. The summed E-state index contributed by atoms with van der Waals surface area (Å²) in [5.74, 6) is -0.0255. The molecule has 0 aliphatic rings. The normalized spacial score (nSPS) is 14.3. The minimum atomic E-state index is -1.17. The van der Waals surface area contributed by atoms with E-state index in [-0.39, 0.29) is 18.4 Å². The molecular weight excluding hydrogens is 462 g/mol. The van der Waals surface area contributed by atoms with E-state index in [4.69, 9.17) is 5.73 Å². The first kappa shape index (κ1) is 26.1. The van der Waals surface area contributed by atoms with Crippen molar-refractivity contribution in [3.63, 3.8) is 0 Å². The van der Waals surface area contributed by atoms with Gasteiger partial charge in [-0.15, -0.1) is 0 Å². The van der Waals surface area contributed by atoms with E-state index < -0.39 is 18.2 Å². The Morgan fingerprint density at radius 2 is 1.46 bits per heavy atom. The summed E-state index contributed by atoms with van der Waals surface area (Å²) >= 11 is 0. The molecule has 4 aromatic rings. The number of nitrogens with two attached hydrogens (primary N) is 1. The topological polar surface area (TPSA) is 108 Å². The quantitative estimate of drug-likeness (QED) is 0.233. The van der Waals surface area contributed by atoms with Gasteiger partial charge in [-0.05, 0) is 53.1 Å². The summed E-state index contributed by atoms with van der Waals surface area (Å²) in [6.45, 7) is 0. The molecule has 0 radical (unpaired) electrons. The van der Waals surface area contributed by atoms with E-state index in [9.17, 15) is 15.0 Å². The highest BCUT2D eigenvalue weighted by molar-refractivity contribution is 5.65. The molecule has 1 amide bonds. The first-order valence-electron chi connectivity index (χ1n) is 12.5. The number of carbonyl (C=O) groups is 1. The lowest BCUT2D eigenvalue weighted by molar-refractivity contribution is 0.102. The molecule has 5 N–H and O–H groups in total. The molecule has 0 fully saturated rings. The first-order valence-corrected chi connectivity index (χ1v) is 12.5. The molecule has 0 spiro atoms.